The van der Waals surface area contributed by atoms with E-state index in [-0.39, 0.29) is 11.9 Å². The zero-order chi connectivity index (χ0) is 24.2. The summed E-state index contributed by atoms with van der Waals surface area (Å²) in [4.78, 5) is 19.0. The first-order chi connectivity index (χ1) is 17.1. The SMILES string of the molecule is CCOc1ccc([C@@H](Nc2cccc(C)n2)c2c(NC(=O)c3ccco3)sc3c2CCCC3)cc1. The monoisotopic (exact) mass is 487 g/mol. The van der Waals surface area contributed by atoms with E-state index < -0.39 is 0 Å². The Labute approximate surface area is 209 Å². The number of amides is 1. The van der Waals surface area contributed by atoms with E-state index in [0.29, 0.717) is 12.4 Å². The number of hydrogen-bond donors (Lipinski definition) is 2. The number of nitrogens with zero attached hydrogens (tertiary/aromatic N) is 1. The maximum atomic E-state index is 13.0. The van der Waals surface area contributed by atoms with Crippen LogP contribution in [0.2, 0.25) is 0 Å². The lowest BCUT2D eigenvalue weighted by atomic mass is 9.89. The highest BCUT2D eigenvalue weighted by Crippen LogP contribution is 2.44. The Hall–Kier alpha value is -3.58. The molecule has 0 saturated carbocycles. The fourth-order valence-electron chi connectivity index (χ4n) is 4.58. The van der Waals surface area contributed by atoms with Crippen LogP contribution in [0.15, 0.2) is 65.3 Å². The number of pyridine rings is 1. The number of anilines is 2. The zero-order valence-electron chi connectivity index (χ0n) is 20.0. The van der Waals surface area contributed by atoms with E-state index in [2.05, 4.69) is 22.8 Å². The van der Waals surface area contributed by atoms with Crippen LogP contribution in [0.4, 0.5) is 10.8 Å². The molecule has 6 nitrogen and oxygen atoms in total. The van der Waals surface area contributed by atoms with E-state index in [9.17, 15) is 4.79 Å². The van der Waals surface area contributed by atoms with Crippen LogP contribution in [-0.4, -0.2) is 17.5 Å². The highest BCUT2D eigenvalue weighted by atomic mass is 32.1. The summed E-state index contributed by atoms with van der Waals surface area (Å²) >= 11 is 1.68. The molecular formula is C28H29N3O3S. The van der Waals surface area contributed by atoms with Crippen molar-refractivity contribution in [2.75, 3.05) is 17.2 Å². The van der Waals surface area contributed by atoms with Crippen molar-refractivity contribution < 1.29 is 13.9 Å². The predicted molar refractivity (Wildman–Crippen MR) is 140 cm³/mol. The molecule has 0 bridgehead atoms. The van der Waals surface area contributed by atoms with Gasteiger partial charge in [0.25, 0.3) is 5.91 Å². The summed E-state index contributed by atoms with van der Waals surface area (Å²) in [5.74, 6) is 1.69. The van der Waals surface area contributed by atoms with Gasteiger partial charge in [-0.05, 0) is 87.1 Å². The highest BCUT2D eigenvalue weighted by molar-refractivity contribution is 7.16. The van der Waals surface area contributed by atoms with E-state index in [1.807, 2.05) is 44.2 Å². The van der Waals surface area contributed by atoms with Crippen molar-refractivity contribution in [3.05, 3.63) is 93.9 Å². The molecule has 0 aliphatic heterocycles. The van der Waals surface area contributed by atoms with Crippen molar-refractivity contribution in [1.29, 1.82) is 0 Å². The number of thiophene rings is 1. The molecule has 1 amide bonds. The number of nitrogens with one attached hydrogen (secondary N) is 2. The lowest BCUT2D eigenvalue weighted by molar-refractivity contribution is 0.0997. The molecule has 1 aliphatic rings. The van der Waals surface area contributed by atoms with Crippen molar-refractivity contribution in [1.82, 2.24) is 4.98 Å². The second-order valence-electron chi connectivity index (χ2n) is 8.63. The molecule has 0 unspecified atom stereocenters. The maximum absolute atomic E-state index is 13.0. The molecule has 0 fully saturated rings. The molecule has 7 heteroatoms. The maximum Gasteiger partial charge on any atom is 0.291 e. The number of furan rings is 1. The van der Waals surface area contributed by atoms with Crippen LogP contribution in [-0.2, 0) is 12.8 Å². The molecule has 5 rings (SSSR count). The van der Waals surface area contributed by atoms with Gasteiger partial charge in [-0.1, -0.05) is 18.2 Å². The van der Waals surface area contributed by atoms with Crippen molar-refractivity contribution in [2.24, 2.45) is 0 Å². The van der Waals surface area contributed by atoms with Gasteiger partial charge in [0.2, 0.25) is 0 Å². The summed E-state index contributed by atoms with van der Waals surface area (Å²) in [6.45, 7) is 4.58. The quantitative estimate of drug-likeness (QED) is 0.287. The fraction of sp³-hybridized carbons (Fsp3) is 0.286. The van der Waals surface area contributed by atoms with Gasteiger partial charge in [-0.25, -0.2) is 4.98 Å². The van der Waals surface area contributed by atoms with Crippen LogP contribution >= 0.6 is 11.3 Å². The minimum absolute atomic E-state index is 0.190. The zero-order valence-corrected chi connectivity index (χ0v) is 20.8. The largest absolute Gasteiger partial charge is 0.494 e. The number of carbonyl (C=O) groups is 1. The van der Waals surface area contributed by atoms with Gasteiger partial charge in [-0.3, -0.25) is 4.79 Å². The molecular weight excluding hydrogens is 458 g/mol. The summed E-state index contributed by atoms with van der Waals surface area (Å²) in [5.41, 5.74) is 4.46. The summed E-state index contributed by atoms with van der Waals surface area (Å²) in [6.07, 6.45) is 5.85. The molecule has 180 valence electrons. The number of carbonyl (C=O) groups excluding carboxylic acids is 1. The molecule has 0 saturated heterocycles. The summed E-state index contributed by atoms with van der Waals surface area (Å²) in [7, 11) is 0. The van der Waals surface area contributed by atoms with Crippen LogP contribution < -0.4 is 15.4 Å². The van der Waals surface area contributed by atoms with Gasteiger partial charge in [-0.2, -0.15) is 0 Å². The van der Waals surface area contributed by atoms with Crippen molar-refractivity contribution in [2.45, 2.75) is 45.6 Å². The first-order valence-corrected chi connectivity index (χ1v) is 12.9. The Morgan fingerprint density at radius 1 is 1.11 bits per heavy atom. The van der Waals surface area contributed by atoms with Crippen LogP contribution in [0.1, 0.15) is 63.6 Å². The Bertz CT molecular complexity index is 1300. The van der Waals surface area contributed by atoms with Crippen LogP contribution in [0.3, 0.4) is 0 Å². The summed E-state index contributed by atoms with van der Waals surface area (Å²) in [6, 6.07) is 17.4. The van der Waals surface area contributed by atoms with Crippen molar-refractivity contribution >= 4 is 28.1 Å². The first kappa shape index (κ1) is 23.2. The Balaban J connectivity index is 1.60. The molecule has 0 radical (unpaired) electrons. The number of aryl methyl sites for hydroxylation is 2. The number of rotatable bonds is 8. The van der Waals surface area contributed by atoms with Crippen LogP contribution in [0, 0.1) is 6.92 Å². The third-order valence-corrected chi connectivity index (χ3v) is 7.40. The molecule has 2 N–H and O–H groups in total. The second-order valence-corrected chi connectivity index (χ2v) is 9.73. The Kier molecular flexibility index (Phi) is 6.86. The summed E-state index contributed by atoms with van der Waals surface area (Å²) in [5, 5.41) is 7.68. The normalized spacial score (nSPS) is 13.7. The lowest BCUT2D eigenvalue weighted by Gasteiger charge is -2.24. The van der Waals surface area contributed by atoms with Gasteiger partial charge in [0, 0.05) is 16.1 Å². The van der Waals surface area contributed by atoms with E-state index in [1.54, 1.807) is 23.5 Å². The van der Waals surface area contributed by atoms with E-state index in [4.69, 9.17) is 14.1 Å². The van der Waals surface area contributed by atoms with Crippen LogP contribution in [0.5, 0.6) is 5.75 Å². The molecule has 3 heterocycles. The standard InChI is InChI=1S/C28H29N3O3S/c1-3-33-20-15-13-19(14-16-20)26(30-24-12-6-8-18(2)29-24)25-21-9-4-5-11-23(21)35-28(25)31-27(32)22-10-7-17-34-22/h6-8,10,12-17,26H,3-5,9,11H2,1-2H3,(H,29,30)(H,31,32)/t26-/m1/s1. The molecule has 1 aromatic carbocycles. The van der Waals surface area contributed by atoms with Gasteiger partial charge in [0.1, 0.15) is 16.6 Å². The second kappa shape index (κ2) is 10.4. The molecule has 3 aromatic heterocycles. The molecule has 4 aromatic rings. The molecule has 0 spiro atoms. The third kappa shape index (κ3) is 5.10. The van der Waals surface area contributed by atoms with Gasteiger partial charge < -0.3 is 19.8 Å². The molecule has 1 aliphatic carbocycles. The van der Waals surface area contributed by atoms with E-state index >= 15 is 0 Å². The van der Waals surface area contributed by atoms with E-state index in [0.717, 1.165) is 52.7 Å². The van der Waals surface area contributed by atoms with Crippen LogP contribution in [0.25, 0.3) is 0 Å². The molecule has 1 atom stereocenters. The minimum atomic E-state index is -0.242. The van der Waals surface area contributed by atoms with Crippen molar-refractivity contribution in [3.63, 3.8) is 0 Å². The van der Waals surface area contributed by atoms with Gasteiger partial charge in [0.15, 0.2) is 5.76 Å². The van der Waals surface area contributed by atoms with Gasteiger partial charge in [0.05, 0.1) is 18.9 Å². The van der Waals surface area contributed by atoms with Gasteiger partial charge >= 0.3 is 0 Å². The Morgan fingerprint density at radius 3 is 2.69 bits per heavy atom. The predicted octanol–water partition coefficient (Wildman–Crippen LogP) is 6.78. The highest BCUT2D eigenvalue weighted by Gasteiger charge is 2.29. The number of aromatic nitrogens is 1. The minimum Gasteiger partial charge on any atom is -0.494 e. The smallest absolute Gasteiger partial charge is 0.291 e. The van der Waals surface area contributed by atoms with Gasteiger partial charge in [-0.15, -0.1) is 11.3 Å². The van der Waals surface area contributed by atoms with Crippen molar-refractivity contribution in [3.8, 4) is 5.75 Å². The number of hydrogen-bond acceptors (Lipinski definition) is 6. The Morgan fingerprint density at radius 2 is 1.94 bits per heavy atom. The number of fused-ring (bicyclic) bond motifs is 1. The molecule has 35 heavy (non-hydrogen) atoms. The fourth-order valence-corrected chi connectivity index (χ4v) is 5.90. The lowest BCUT2D eigenvalue weighted by Crippen LogP contribution is -2.19. The summed E-state index contributed by atoms with van der Waals surface area (Å²) < 4.78 is 11.0. The first-order valence-electron chi connectivity index (χ1n) is 12.0. The third-order valence-electron chi connectivity index (χ3n) is 6.18. The van der Waals surface area contributed by atoms with E-state index in [1.165, 1.54) is 23.1 Å². The number of ether oxygens (including phenoxy) is 1. The average Bonchev–Trinajstić information content (AvgIpc) is 3.52. The topological polar surface area (TPSA) is 76.4 Å². The average molecular weight is 488 g/mol. The number of benzene rings is 1.